The summed E-state index contributed by atoms with van der Waals surface area (Å²) >= 11 is 3.42. The summed E-state index contributed by atoms with van der Waals surface area (Å²) in [5.74, 6) is 0.00610. The number of ether oxygens (including phenoxy) is 1. The van der Waals surface area contributed by atoms with E-state index in [2.05, 4.69) is 31.4 Å². The molecule has 1 atom stereocenters. The lowest BCUT2D eigenvalue weighted by Gasteiger charge is -2.40. The normalized spacial score (nSPS) is 21.0. The van der Waals surface area contributed by atoms with Crippen molar-refractivity contribution in [3.63, 3.8) is 0 Å². The molecule has 6 nitrogen and oxygen atoms in total. The predicted octanol–water partition coefficient (Wildman–Crippen LogP) is 2.04. The number of H-pyrrole nitrogens is 1. The second kappa shape index (κ2) is 6.66. The van der Waals surface area contributed by atoms with Gasteiger partial charge in [-0.15, -0.1) is 0 Å². The van der Waals surface area contributed by atoms with Crippen LogP contribution in [0.15, 0.2) is 34.8 Å². The van der Waals surface area contributed by atoms with Crippen LogP contribution in [0.5, 0.6) is 0 Å². The molecule has 3 heterocycles. The first-order chi connectivity index (χ1) is 11.7. The summed E-state index contributed by atoms with van der Waals surface area (Å²) in [4.78, 5) is 14.3. The van der Waals surface area contributed by atoms with Gasteiger partial charge in [0.25, 0.3) is 5.91 Å². The molecule has 4 rings (SSSR count). The highest BCUT2D eigenvalue weighted by molar-refractivity contribution is 9.10. The molecule has 2 fully saturated rings. The highest BCUT2D eigenvalue weighted by Gasteiger charge is 2.33. The van der Waals surface area contributed by atoms with E-state index >= 15 is 0 Å². The topological polar surface area (TPSA) is 70.2 Å². The number of halogens is 1. The van der Waals surface area contributed by atoms with Crippen molar-refractivity contribution in [1.29, 1.82) is 0 Å². The first-order valence-corrected chi connectivity index (χ1v) is 8.93. The van der Waals surface area contributed by atoms with E-state index in [1.807, 2.05) is 35.2 Å². The van der Waals surface area contributed by atoms with Gasteiger partial charge in [0.1, 0.15) is 5.69 Å². The Balaban J connectivity index is 1.35. The SMILES string of the molecule is O=C(c1cc(-c2ccc(Br)cc2)n[nH]1)N1CC(NC2CCOC2)C1. The molecule has 0 radical (unpaired) electrons. The number of nitrogens with one attached hydrogen (secondary N) is 2. The predicted molar refractivity (Wildman–Crippen MR) is 93.8 cm³/mol. The Bertz CT molecular complexity index is 718. The number of aromatic amines is 1. The molecular weight excluding hydrogens is 372 g/mol. The summed E-state index contributed by atoms with van der Waals surface area (Å²) in [5, 5.41) is 10.7. The first-order valence-electron chi connectivity index (χ1n) is 8.13. The number of likely N-dealkylation sites (tertiary alicyclic amines) is 1. The minimum absolute atomic E-state index is 0.00610. The van der Waals surface area contributed by atoms with Gasteiger partial charge in [-0.2, -0.15) is 5.10 Å². The molecule has 2 aliphatic heterocycles. The van der Waals surface area contributed by atoms with Crippen LogP contribution in [-0.2, 0) is 4.74 Å². The fourth-order valence-corrected chi connectivity index (χ4v) is 3.38. The van der Waals surface area contributed by atoms with Crippen LogP contribution in [-0.4, -0.2) is 59.4 Å². The zero-order valence-electron chi connectivity index (χ0n) is 13.2. The molecule has 0 spiro atoms. The van der Waals surface area contributed by atoms with Crippen LogP contribution in [0.1, 0.15) is 16.9 Å². The number of hydrogen-bond donors (Lipinski definition) is 2. The summed E-state index contributed by atoms with van der Waals surface area (Å²) in [5.41, 5.74) is 2.30. The highest BCUT2D eigenvalue weighted by atomic mass is 79.9. The molecule has 0 saturated carbocycles. The maximum Gasteiger partial charge on any atom is 0.271 e. The smallest absolute Gasteiger partial charge is 0.271 e. The van der Waals surface area contributed by atoms with Crippen LogP contribution < -0.4 is 5.32 Å². The first kappa shape index (κ1) is 15.8. The third-order valence-electron chi connectivity index (χ3n) is 4.52. The second-order valence-electron chi connectivity index (χ2n) is 6.31. The molecule has 0 bridgehead atoms. The second-order valence-corrected chi connectivity index (χ2v) is 7.22. The molecule has 1 aromatic carbocycles. The molecule has 7 heteroatoms. The van der Waals surface area contributed by atoms with Crippen LogP contribution >= 0.6 is 15.9 Å². The number of rotatable bonds is 4. The Labute approximate surface area is 148 Å². The number of carbonyl (C=O) groups is 1. The van der Waals surface area contributed by atoms with E-state index in [1.165, 1.54) is 0 Å². The average Bonchev–Trinajstić information content (AvgIpc) is 3.22. The van der Waals surface area contributed by atoms with Crippen molar-refractivity contribution in [3.05, 3.63) is 40.5 Å². The molecule has 2 saturated heterocycles. The van der Waals surface area contributed by atoms with Crippen molar-refractivity contribution in [3.8, 4) is 11.3 Å². The summed E-state index contributed by atoms with van der Waals surface area (Å²) in [6.07, 6.45) is 1.06. The zero-order valence-corrected chi connectivity index (χ0v) is 14.8. The maximum atomic E-state index is 12.5. The Morgan fingerprint density at radius 1 is 1.29 bits per heavy atom. The number of aromatic nitrogens is 2. The maximum absolute atomic E-state index is 12.5. The van der Waals surface area contributed by atoms with Crippen LogP contribution in [0.2, 0.25) is 0 Å². The molecule has 0 aliphatic carbocycles. The van der Waals surface area contributed by atoms with Crippen LogP contribution in [0.4, 0.5) is 0 Å². The van der Waals surface area contributed by atoms with Gasteiger partial charge in [0, 0.05) is 41.8 Å². The Morgan fingerprint density at radius 3 is 2.79 bits per heavy atom. The van der Waals surface area contributed by atoms with E-state index in [-0.39, 0.29) is 5.91 Å². The van der Waals surface area contributed by atoms with E-state index in [9.17, 15) is 4.79 Å². The van der Waals surface area contributed by atoms with Gasteiger partial charge in [0.15, 0.2) is 0 Å². The minimum atomic E-state index is 0.00610. The molecule has 2 N–H and O–H groups in total. The molecule has 24 heavy (non-hydrogen) atoms. The van der Waals surface area contributed by atoms with Crippen LogP contribution in [0, 0.1) is 0 Å². The number of nitrogens with zero attached hydrogens (tertiary/aromatic N) is 2. The highest BCUT2D eigenvalue weighted by Crippen LogP contribution is 2.22. The summed E-state index contributed by atoms with van der Waals surface area (Å²) < 4.78 is 6.38. The Hall–Kier alpha value is -1.70. The van der Waals surface area contributed by atoms with Crippen molar-refractivity contribution >= 4 is 21.8 Å². The Morgan fingerprint density at radius 2 is 2.08 bits per heavy atom. The quantitative estimate of drug-likeness (QED) is 0.837. The standard InChI is InChI=1S/C17H19BrN4O2/c18-12-3-1-11(2-4-12)15-7-16(21-20-15)17(23)22-8-14(9-22)19-13-5-6-24-10-13/h1-4,7,13-14,19H,5-6,8-10H2,(H,20,21). The van der Waals surface area contributed by atoms with E-state index < -0.39 is 0 Å². The van der Waals surface area contributed by atoms with E-state index in [0.717, 1.165) is 48.5 Å². The fourth-order valence-electron chi connectivity index (χ4n) is 3.12. The third-order valence-corrected chi connectivity index (χ3v) is 5.05. The van der Waals surface area contributed by atoms with Gasteiger partial charge in [-0.05, 0) is 24.6 Å². The molecule has 1 amide bonds. The lowest BCUT2D eigenvalue weighted by Crippen LogP contribution is -2.61. The minimum Gasteiger partial charge on any atom is -0.380 e. The van der Waals surface area contributed by atoms with Crippen molar-refractivity contribution in [1.82, 2.24) is 20.4 Å². The average molecular weight is 391 g/mol. The molecule has 2 aromatic rings. The van der Waals surface area contributed by atoms with Gasteiger partial charge in [0.2, 0.25) is 0 Å². The number of carbonyl (C=O) groups excluding carboxylic acids is 1. The van der Waals surface area contributed by atoms with Gasteiger partial charge >= 0.3 is 0 Å². The van der Waals surface area contributed by atoms with Crippen LogP contribution in [0.3, 0.4) is 0 Å². The largest absolute Gasteiger partial charge is 0.380 e. The molecule has 2 aliphatic rings. The van der Waals surface area contributed by atoms with Gasteiger partial charge in [-0.1, -0.05) is 28.1 Å². The van der Waals surface area contributed by atoms with E-state index in [4.69, 9.17) is 4.74 Å². The summed E-state index contributed by atoms with van der Waals surface area (Å²) in [6.45, 7) is 3.09. The van der Waals surface area contributed by atoms with Gasteiger partial charge in [-0.3, -0.25) is 9.89 Å². The molecule has 126 valence electrons. The lowest BCUT2D eigenvalue weighted by molar-refractivity contribution is 0.0542. The monoisotopic (exact) mass is 390 g/mol. The molecular formula is C17H19BrN4O2. The molecule has 1 unspecified atom stereocenters. The number of hydrogen-bond acceptors (Lipinski definition) is 4. The van der Waals surface area contributed by atoms with Gasteiger partial charge in [-0.25, -0.2) is 0 Å². The van der Waals surface area contributed by atoms with Gasteiger partial charge < -0.3 is 15.0 Å². The van der Waals surface area contributed by atoms with Crippen LogP contribution in [0.25, 0.3) is 11.3 Å². The summed E-state index contributed by atoms with van der Waals surface area (Å²) in [7, 11) is 0. The lowest BCUT2D eigenvalue weighted by atomic mass is 10.1. The van der Waals surface area contributed by atoms with Crippen molar-refractivity contribution < 1.29 is 9.53 Å². The van der Waals surface area contributed by atoms with Crippen molar-refractivity contribution in [2.24, 2.45) is 0 Å². The van der Waals surface area contributed by atoms with E-state index in [0.29, 0.717) is 17.8 Å². The Kier molecular flexibility index (Phi) is 4.39. The number of amides is 1. The van der Waals surface area contributed by atoms with E-state index in [1.54, 1.807) is 0 Å². The number of benzene rings is 1. The molecule has 1 aromatic heterocycles. The summed E-state index contributed by atoms with van der Waals surface area (Å²) in [6, 6.07) is 10.5. The third kappa shape index (κ3) is 3.24. The van der Waals surface area contributed by atoms with Gasteiger partial charge in [0.05, 0.1) is 12.3 Å². The van der Waals surface area contributed by atoms with Crippen molar-refractivity contribution in [2.75, 3.05) is 26.3 Å². The fraction of sp³-hybridized carbons (Fsp3) is 0.412. The van der Waals surface area contributed by atoms with Crippen molar-refractivity contribution in [2.45, 2.75) is 18.5 Å². The zero-order chi connectivity index (χ0) is 16.5.